The first-order chi connectivity index (χ1) is 16.4. The zero-order chi connectivity index (χ0) is 24.2. The van der Waals surface area contributed by atoms with Gasteiger partial charge in [0, 0.05) is 16.6 Å². The molecule has 0 spiro atoms. The molecule has 3 aromatic carbocycles. The number of hydrogen-bond acceptors (Lipinski definition) is 4. The molecule has 1 N–H and O–H groups in total. The van der Waals surface area contributed by atoms with E-state index < -0.39 is 23.7 Å². The van der Waals surface area contributed by atoms with Crippen LogP contribution in [0.1, 0.15) is 11.1 Å². The highest BCUT2D eigenvalue weighted by Gasteiger charge is 2.16. The lowest BCUT2D eigenvalue weighted by atomic mass is 10.2. The smallest absolute Gasteiger partial charge is 0.332 e. The fraction of sp³-hybridized carbons (Fsp3) is 0.160. The molecule has 174 valence electrons. The van der Waals surface area contributed by atoms with Crippen LogP contribution in [0.25, 0.3) is 10.9 Å². The first-order valence-electron chi connectivity index (χ1n) is 10.4. The van der Waals surface area contributed by atoms with Crippen LogP contribution >= 0.6 is 23.2 Å². The van der Waals surface area contributed by atoms with Crippen LogP contribution in [-0.2, 0) is 24.4 Å². The zero-order valence-electron chi connectivity index (χ0n) is 18.3. The van der Waals surface area contributed by atoms with Crippen molar-refractivity contribution < 1.29 is 9.53 Å². The molecule has 0 aliphatic rings. The molecule has 1 amide bonds. The number of nitrogens with zero attached hydrogens (tertiary/aromatic N) is 2. The van der Waals surface area contributed by atoms with Gasteiger partial charge < -0.3 is 10.1 Å². The minimum absolute atomic E-state index is 0.136. The zero-order valence-corrected chi connectivity index (χ0v) is 19.8. The van der Waals surface area contributed by atoms with Crippen LogP contribution in [0.15, 0.2) is 76.3 Å². The van der Waals surface area contributed by atoms with Gasteiger partial charge in [-0.1, -0.05) is 53.5 Å². The predicted molar refractivity (Wildman–Crippen MR) is 133 cm³/mol. The number of carbonyl (C=O) groups excluding carboxylic acids is 1. The molecule has 1 aromatic heterocycles. The summed E-state index contributed by atoms with van der Waals surface area (Å²) in [5, 5.41) is 3.96. The maximum atomic E-state index is 13.3. The van der Waals surface area contributed by atoms with E-state index in [0.29, 0.717) is 32.3 Å². The maximum absolute atomic E-state index is 13.3. The number of hydrogen-bond donors (Lipinski definition) is 1. The number of para-hydroxylation sites is 1. The summed E-state index contributed by atoms with van der Waals surface area (Å²) in [7, 11) is 1.58. The second-order valence-electron chi connectivity index (χ2n) is 7.64. The van der Waals surface area contributed by atoms with Gasteiger partial charge in [0.1, 0.15) is 12.3 Å². The van der Waals surface area contributed by atoms with E-state index in [0.717, 1.165) is 10.1 Å². The van der Waals surface area contributed by atoms with E-state index in [4.69, 9.17) is 27.9 Å². The molecule has 1 heterocycles. The molecule has 9 heteroatoms. The van der Waals surface area contributed by atoms with Crippen molar-refractivity contribution in [2.45, 2.75) is 19.6 Å². The Bertz CT molecular complexity index is 1480. The number of fused-ring (bicyclic) bond motifs is 1. The summed E-state index contributed by atoms with van der Waals surface area (Å²) in [4.78, 5) is 39.0. The number of methoxy groups -OCH3 is 1. The van der Waals surface area contributed by atoms with Crippen LogP contribution in [0, 0.1) is 0 Å². The topological polar surface area (TPSA) is 82.3 Å². The number of amides is 1. The van der Waals surface area contributed by atoms with Crippen molar-refractivity contribution in [2.24, 2.45) is 0 Å². The predicted octanol–water partition coefficient (Wildman–Crippen LogP) is 3.84. The molecular formula is C25H21Cl2N3O4. The van der Waals surface area contributed by atoms with Gasteiger partial charge in [0.05, 0.1) is 24.6 Å². The van der Waals surface area contributed by atoms with Gasteiger partial charge in [-0.2, -0.15) is 0 Å². The Hall–Kier alpha value is -3.55. The molecule has 0 fully saturated rings. The van der Waals surface area contributed by atoms with Crippen LogP contribution in [0.2, 0.25) is 10.0 Å². The molecule has 0 atom stereocenters. The molecule has 0 bridgehead atoms. The van der Waals surface area contributed by atoms with Gasteiger partial charge in [0.25, 0.3) is 5.56 Å². The Morgan fingerprint density at radius 2 is 1.71 bits per heavy atom. The van der Waals surface area contributed by atoms with E-state index in [1.54, 1.807) is 61.7 Å². The molecule has 0 unspecified atom stereocenters. The molecule has 4 aromatic rings. The fourth-order valence-electron chi connectivity index (χ4n) is 3.63. The largest absolute Gasteiger partial charge is 0.497 e. The third-order valence-corrected chi connectivity index (χ3v) is 6.01. The SMILES string of the molecule is COc1ccc(Cn2c(=O)n(CC(=O)NCc3ccc(Cl)cc3Cl)c(=O)c3ccccc32)cc1. The van der Waals surface area contributed by atoms with E-state index in [9.17, 15) is 14.4 Å². The number of carbonyl (C=O) groups is 1. The highest BCUT2D eigenvalue weighted by molar-refractivity contribution is 6.35. The summed E-state index contributed by atoms with van der Waals surface area (Å²) in [6.45, 7) is -0.0564. The minimum Gasteiger partial charge on any atom is -0.497 e. The van der Waals surface area contributed by atoms with Gasteiger partial charge in [-0.25, -0.2) is 4.79 Å². The Labute approximate surface area is 205 Å². The molecule has 7 nitrogen and oxygen atoms in total. The van der Waals surface area contributed by atoms with Crippen LogP contribution in [0.5, 0.6) is 5.75 Å². The van der Waals surface area contributed by atoms with Gasteiger partial charge >= 0.3 is 5.69 Å². The number of ether oxygens (including phenoxy) is 1. The average Bonchev–Trinajstić information content (AvgIpc) is 2.84. The van der Waals surface area contributed by atoms with Gasteiger partial charge in [-0.05, 0) is 47.5 Å². The summed E-state index contributed by atoms with van der Waals surface area (Å²) in [6.07, 6.45) is 0. The Morgan fingerprint density at radius 1 is 0.971 bits per heavy atom. The number of rotatable bonds is 7. The minimum atomic E-state index is -0.570. The van der Waals surface area contributed by atoms with E-state index in [1.165, 1.54) is 4.57 Å². The standard InChI is InChI=1S/C25H21Cl2N3O4/c1-34-19-10-6-16(7-11-19)14-29-22-5-3-2-4-20(22)24(32)30(25(29)33)15-23(31)28-13-17-8-9-18(26)12-21(17)27/h2-12H,13-15H2,1H3,(H,28,31). The average molecular weight is 498 g/mol. The number of nitrogens with one attached hydrogen (secondary N) is 1. The third-order valence-electron chi connectivity index (χ3n) is 5.42. The van der Waals surface area contributed by atoms with Crippen LogP contribution in [-0.4, -0.2) is 22.2 Å². The highest BCUT2D eigenvalue weighted by Crippen LogP contribution is 2.20. The molecule has 0 saturated carbocycles. The normalized spacial score (nSPS) is 10.9. The van der Waals surface area contributed by atoms with E-state index in [2.05, 4.69) is 5.32 Å². The van der Waals surface area contributed by atoms with Crippen LogP contribution in [0.3, 0.4) is 0 Å². The molecular weight excluding hydrogens is 477 g/mol. The quantitative estimate of drug-likeness (QED) is 0.420. The van der Waals surface area contributed by atoms with Gasteiger partial charge in [0.2, 0.25) is 5.91 Å². The summed E-state index contributed by atoms with van der Waals surface area (Å²) in [6, 6.07) is 19.1. The number of aromatic nitrogens is 2. The van der Waals surface area contributed by atoms with E-state index in [1.807, 2.05) is 12.1 Å². The van der Waals surface area contributed by atoms with E-state index in [-0.39, 0.29) is 13.1 Å². The van der Waals surface area contributed by atoms with Crippen LogP contribution in [0.4, 0.5) is 0 Å². The van der Waals surface area contributed by atoms with Crippen molar-refractivity contribution in [3.05, 3.63) is 109 Å². The van der Waals surface area contributed by atoms with Crippen molar-refractivity contribution in [1.82, 2.24) is 14.5 Å². The van der Waals surface area contributed by atoms with Crippen molar-refractivity contribution in [3.63, 3.8) is 0 Å². The number of benzene rings is 3. The molecule has 0 aliphatic carbocycles. The fourth-order valence-corrected chi connectivity index (χ4v) is 4.11. The Balaban J connectivity index is 1.64. The lowest BCUT2D eigenvalue weighted by Crippen LogP contribution is -2.43. The van der Waals surface area contributed by atoms with Crippen LogP contribution < -0.4 is 21.3 Å². The third kappa shape index (κ3) is 5.00. The first-order valence-corrected chi connectivity index (χ1v) is 11.2. The van der Waals surface area contributed by atoms with Crippen molar-refractivity contribution in [2.75, 3.05) is 7.11 Å². The lowest BCUT2D eigenvalue weighted by Gasteiger charge is -2.15. The second-order valence-corrected chi connectivity index (χ2v) is 8.48. The number of halogens is 2. The summed E-state index contributed by atoms with van der Waals surface area (Å²) in [5.41, 5.74) is 0.922. The van der Waals surface area contributed by atoms with Gasteiger partial charge in [0.15, 0.2) is 0 Å². The second kappa shape index (κ2) is 10.2. The highest BCUT2D eigenvalue weighted by atomic mass is 35.5. The van der Waals surface area contributed by atoms with Crippen molar-refractivity contribution in [1.29, 1.82) is 0 Å². The van der Waals surface area contributed by atoms with Crippen molar-refractivity contribution >= 4 is 40.0 Å². The molecule has 34 heavy (non-hydrogen) atoms. The molecule has 0 aliphatic heterocycles. The Morgan fingerprint density at radius 3 is 2.41 bits per heavy atom. The van der Waals surface area contributed by atoms with Gasteiger partial charge in [-0.3, -0.25) is 18.7 Å². The molecule has 0 radical (unpaired) electrons. The molecule has 4 rings (SSSR count). The summed E-state index contributed by atoms with van der Waals surface area (Å²) < 4.78 is 7.62. The first kappa shape index (κ1) is 23.6. The monoisotopic (exact) mass is 497 g/mol. The Kier molecular flexibility index (Phi) is 7.05. The van der Waals surface area contributed by atoms with E-state index >= 15 is 0 Å². The summed E-state index contributed by atoms with van der Waals surface area (Å²) >= 11 is 12.1. The summed E-state index contributed by atoms with van der Waals surface area (Å²) in [5.74, 6) is 0.208. The van der Waals surface area contributed by atoms with Gasteiger partial charge in [-0.15, -0.1) is 0 Å². The maximum Gasteiger partial charge on any atom is 0.332 e. The lowest BCUT2D eigenvalue weighted by molar-refractivity contribution is -0.121. The molecule has 0 saturated heterocycles. The van der Waals surface area contributed by atoms with Crippen molar-refractivity contribution in [3.8, 4) is 5.75 Å².